The molecule has 0 bridgehead atoms. The maximum Gasteiger partial charge on any atom is 0.335 e. The van der Waals surface area contributed by atoms with Crippen LogP contribution in [0.5, 0.6) is 0 Å². The average molecular weight is 324 g/mol. The zero-order chi connectivity index (χ0) is 17.4. The van der Waals surface area contributed by atoms with Crippen LogP contribution in [0.25, 0.3) is 11.1 Å². The Morgan fingerprint density at radius 2 is 1.75 bits per heavy atom. The molecule has 2 aromatic carbocycles. The first-order valence-electron chi connectivity index (χ1n) is 8.24. The van der Waals surface area contributed by atoms with E-state index in [4.69, 9.17) is 5.11 Å². The Morgan fingerprint density at radius 1 is 1.04 bits per heavy atom. The van der Waals surface area contributed by atoms with E-state index in [-0.39, 0.29) is 11.4 Å². The monoisotopic (exact) mass is 324 g/mol. The Hall–Kier alpha value is -2.60. The van der Waals surface area contributed by atoms with Gasteiger partial charge in [-0.05, 0) is 41.8 Å². The van der Waals surface area contributed by atoms with Crippen LogP contribution in [0.4, 0.5) is 4.39 Å². The van der Waals surface area contributed by atoms with E-state index in [0.29, 0.717) is 11.1 Å². The van der Waals surface area contributed by atoms with Gasteiger partial charge < -0.3 is 5.11 Å². The summed E-state index contributed by atoms with van der Waals surface area (Å²) in [4.78, 5) is 10.9. The van der Waals surface area contributed by atoms with Gasteiger partial charge in [0.25, 0.3) is 0 Å². The summed E-state index contributed by atoms with van der Waals surface area (Å²) in [6.45, 7) is 2.16. The second-order valence-corrected chi connectivity index (χ2v) is 5.69. The number of carboxylic acid groups (broad SMARTS) is 1. The summed E-state index contributed by atoms with van der Waals surface area (Å²) in [6, 6.07) is 11.3. The lowest BCUT2D eigenvalue weighted by molar-refractivity contribution is 0.0697. The third-order valence-corrected chi connectivity index (χ3v) is 3.81. The standard InChI is InChI=1S/C21H21FO2/c1-2-3-4-5-6-7-8-17-11-14-19(15-20(17)22)16-9-12-18(13-10-16)21(23)24/h9-15H,2-6H2,1H3,(H,23,24). The zero-order valence-corrected chi connectivity index (χ0v) is 13.8. The molecule has 2 nitrogen and oxygen atoms in total. The summed E-state index contributed by atoms with van der Waals surface area (Å²) in [5, 5.41) is 8.90. The number of carboxylic acids is 1. The maximum absolute atomic E-state index is 14.2. The lowest BCUT2D eigenvalue weighted by Crippen LogP contribution is -1.95. The van der Waals surface area contributed by atoms with Gasteiger partial charge in [-0.25, -0.2) is 9.18 Å². The van der Waals surface area contributed by atoms with Gasteiger partial charge in [-0.15, -0.1) is 0 Å². The summed E-state index contributed by atoms with van der Waals surface area (Å²) in [5.41, 5.74) is 2.09. The highest BCUT2D eigenvalue weighted by atomic mass is 19.1. The number of carbonyl (C=O) groups is 1. The molecule has 24 heavy (non-hydrogen) atoms. The number of benzene rings is 2. The van der Waals surface area contributed by atoms with Crippen molar-refractivity contribution in [2.24, 2.45) is 0 Å². The van der Waals surface area contributed by atoms with E-state index in [9.17, 15) is 9.18 Å². The molecule has 1 N–H and O–H groups in total. The Balaban J connectivity index is 2.06. The average Bonchev–Trinajstić information content (AvgIpc) is 2.59. The Morgan fingerprint density at radius 3 is 2.38 bits per heavy atom. The molecule has 0 saturated carbocycles. The minimum Gasteiger partial charge on any atom is -0.478 e. The van der Waals surface area contributed by atoms with Crippen LogP contribution in [-0.4, -0.2) is 11.1 Å². The van der Waals surface area contributed by atoms with E-state index in [1.807, 2.05) is 0 Å². The molecule has 0 spiro atoms. The van der Waals surface area contributed by atoms with Crippen LogP contribution in [-0.2, 0) is 0 Å². The van der Waals surface area contributed by atoms with Crippen molar-refractivity contribution in [2.75, 3.05) is 0 Å². The highest BCUT2D eigenvalue weighted by Gasteiger charge is 2.06. The zero-order valence-electron chi connectivity index (χ0n) is 13.8. The molecule has 0 aliphatic rings. The van der Waals surface area contributed by atoms with Crippen molar-refractivity contribution < 1.29 is 14.3 Å². The first-order chi connectivity index (χ1) is 11.6. The summed E-state index contributed by atoms with van der Waals surface area (Å²) < 4.78 is 14.2. The van der Waals surface area contributed by atoms with E-state index in [2.05, 4.69) is 18.8 Å². The minimum atomic E-state index is -0.975. The van der Waals surface area contributed by atoms with Gasteiger partial charge in [-0.2, -0.15) is 0 Å². The quantitative estimate of drug-likeness (QED) is 0.561. The normalized spacial score (nSPS) is 10.1. The van der Waals surface area contributed by atoms with Crippen molar-refractivity contribution in [3.63, 3.8) is 0 Å². The van der Waals surface area contributed by atoms with Crippen molar-refractivity contribution in [1.82, 2.24) is 0 Å². The number of hydrogen-bond donors (Lipinski definition) is 1. The number of halogens is 1. The molecule has 2 aromatic rings. The second kappa shape index (κ2) is 8.88. The van der Waals surface area contributed by atoms with Crippen LogP contribution in [0.1, 0.15) is 54.9 Å². The van der Waals surface area contributed by atoms with Gasteiger partial charge in [0, 0.05) is 6.42 Å². The van der Waals surface area contributed by atoms with Gasteiger partial charge in [-0.3, -0.25) is 0 Å². The van der Waals surface area contributed by atoms with E-state index in [1.54, 1.807) is 24.3 Å². The topological polar surface area (TPSA) is 37.3 Å². The van der Waals surface area contributed by atoms with Gasteiger partial charge in [0.1, 0.15) is 5.82 Å². The lowest BCUT2D eigenvalue weighted by atomic mass is 10.0. The van der Waals surface area contributed by atoms with Crippen molar-refractivity contribution in [3.8, 4) is 23.0 Å². The first-order valence-corrected chi connectivity index (χ1v) is 8.24. The van der Waals surface area contributed by atoms with Crippen molar-refractivity contribution in [1.29, 1.82) is 0 Å². The SMILES string of the molecule is CCCCCCC#Cc1ccc(-c2ccc(C(=O)O)cc2)cc1F. The maximum atomic E-state index is 14.2. The Kier molecular flexibility index (Phi) is 6.57. The number of unbranched alkanes of at least 4 members (excludes halogenated alkanes) is 4. The van der Waals surface area contributed by atoms with E-state index >= 15 is 0 Å². The molecule has 3 heteroatoms. The van der Waals surface area contributed by atoms with E-state index < -0.39 is 5.97 Å². The molecular weight excluding hydrogens is 303 g/mol. The molecule has 0 aliphatic carbocycles. The summed E-state index contributed by atoms with van der Waals surface area (Å²) in [5.74, 6) is 4.59. The Labute approximate surface area is 142 Å². The number of hydrogen-bond acceptors (Lipinski definition) is 1. The largest absolute Gasteiger partial charge is 0.478 e. The summed E-state index contributed by atoms with van der Waals surface area (Å²) in [7, 11) is 0. The second-order valence-electron chi connectivity index (χ2n) is 5.69. The molecule has 2 rings (SSSR count). The highest BCUT2D eigenvalue weighted by Crippen LogP contribution is 2.22. The molecule has 0 heterocycles. The molecule has 124 valence electrons. The van der Waals surface area contributed by atoms with Crippen molar-refractivity contribution in [2.45, 2.75) is 39.0 Å². The van der Waals surface area contributed by atoms with Crippen molar-refractivity contribution in [3.05, 3.63) is 59.4 Å². The number of rotatable bonds is 6. The third kappa shape index (κ3) is 4.96. The molecule has 0 atom stereocenters. The molecule has 0 saturated heterocycles. The first kappa shape index (κ1) is 17.7. The van der Waals surface area contributed by atoms with Crippen LogP contribution < -0.4 is 0 Å². The molecule has 0 radical (unpaired) electrons. The van der Waals surface area contributed by atoms with Gasteiger partial charge >= 0.3 is 5.97 Å². The van der Waals surface area contributed by atoms with Crippen LogP contribution in [0.15, 0.2) is 42.5 Å². The molecule has 0 amide bonds. The van der Waals surface area contributed by atoms with E-state index in [0.717, 1.165) is 18.4 Å². The van der Waals surface area contributed by atoms with Gasteiger partial charge in [0.15, 0.2) is 0 Å². The smallest absolute Gasteiger partial charge is 0.335 e. The summed E-state index contributed by atoms with van der Waals surface area (Å²) >= 11 is 0. The lowest BCUT2D eigenvalue weighted by Gasteiger charge is -2.04. The molecule has 0 fully saturated rings. The Bertz CT molecular complexity index is 752. The molecule has 0 unspecified atom stereocenters. The van der Waals surface area contributed by atoms with Crippen molar-refractivity contribution >= 4 is 5.97 Å². The fourth-order valence-corrected chi connectivity index (χ4v) is 2.40. The predicted octanol–water partition coefficient (Wildman–Crippen LogP) is 5.51. The van der Waals surface area contributed by atoms with E-state index in [1.165, 1.54) is 37.5 Å². The van der Waals surface area contributed by atoms with Gasteiger partial charge in [0.2, 0.25) is 0 Å². The summed E-state index contributed by atoms with van der Waals surface area (Å²) in [6.07, 6.45) is 5.41. The highest BCUT2D eigenvalue weighted by molar-refractivity contribution is 5.88. The fraction of sp³-hybridized carbons (Fsp3) is 0.286. The fourth-order valence-electron chi connectivity index (χ4n) is 2.40. The van der Waals surface area contributed by atoms with Crippen LogP contribution in [0.2, 0.25) is 0 Å². The van der Waals surface area contributed by atoms with Crippen LogP contribution in [0, 0.1) is 17.7 Å². The third-order valence-electron chi connectivity index (χ3n) is 3.81. The predicted molar refractivity (Wildman–Crippen MR) is 94.4 cm³/mol. The number of aromatic carboxylic acids is 1. The molecule has 0 aromatic heterocycles. The van der Waals surface area contributed by atoms with Crippen LogP contribution in [0.3, 0.4) is 0 Å². The molecule has 0 aliphatic heterocycles. The van der Waals surface area contributed by atoms with Gasteiger partial charge in [0.05, 0.1) is 11.1 Å². The van der Waals surface area contributed by atoms with Crippen LogP contribution >= 0.6 is 0 Å². The van der Waals surface area contributed by atoms with Gasteiger partial charge in [-0.1, -0.05) is 56.2 Å². The molecular formula is C21H21FO2. The minimum absolute atomic E-state index is 0.213.